The number of carbonyl (C=O) groups excluding carboxylic acids is 2. The Bertz CT molecular complexity index is 1230. The third kappa shape index (κ3) is 3.39. The fourth-order valence-corrected chi connectivity index (χ4v) is 4.29. The highest BCUT2D eigenvalue weighted by Gasteiger charge is 2.24. The van der Waals surface area contributed by atoms with Crippen molar-refractivity contribution in [2.24, 2.45) is 0 Å². The molecule has 0 atom stereocenters. The molecule has 2 aromatic heterocycles. The Kier molecular flexibility index (Phi) is 4.64. The van der Waals surface area contributed by atoms with E-state index in [1.54, 1.807) is 10.3 Å². The number of aromatic nitrogens is 3. The van der Waals surface area contributed by atoms with Gasteiger partial charge in [0, 0.05) is 24.2 Å². The summed E-state index contributed by atoms with van der Waals surface area (Å²) in [5, 5.41) is 8.08. The molecule has 1 saturated heterocycles. The highest BCUT2D eigenvalue weighted by molar-refractivity contribution is 7.14. The molecule has 0 radical (unpaired) electrons. The van der Waals surface area contributed by atoms with Crippen LogP contribution in [0.2, 0.25) is 0 Å². The molecule has 8 nitrogen and oxygen atoms in total. The number of hydrogen-bond acceptors (Lipinski definition) is 5. The minimum Gasteiger partial charge on any atom is -0.336 e. The molecule has 1 aliphatic heterocycles. The molecular formula is C21H18N6O2S. The van der Waals surface area contributed by atoms with Crippen molar-refractivity contribution < 1.29 is 9.59 Å². The van der Waals surface area contributed by atoms with Crippen LogP contribution in [-0.2, 0) is 11.2 Å². The fraction of sp³-hybridized carbons (Fsp3) is 0.143. The van der Waals surface area contributed by atoms with Crippen molar-refractivity contribution in [1.82, 2.24) is 19.9 Å². The fourth-order valence-electron chi connectivity index (χ4n) is 3.44. The van der Waals surface area contributed by atoms with E-state index in [0.29, 0.717) is 29.9 Å². The summed E-state index contributed by atoms with van der Waals surface area (Å²) in [5.74, 6) is 0.243. The number of hydrogen-bond donors (Lipinski definition) is 2. The van der Waals surface area contributed by atoms with Crippen LogP contribution >= 0.6 is 11.3 Å². The van der Waals surface area contributed by atoms with Crippen LogP contribution in [0.5, 0.6) is 0 Å². The van der Waals surface area contributed by atoms with Gasteiger partial charge in [0.05, 0.1) is 23.1 Å². The van der Waals surface area contributed by atoms with Gasteiger partial charge in [-0.1, -0.05) is 30.3 Å². The average molecular weight is 418 g/mol. The topological polar surface area (TPSA) is 92.2 Å². The summed E-state index contributed by atoms with van der Waals surface area (Å²) in [5.41, 5.74) is 3.25. The summed E-state index contributed by atoms with van der Waals surface area (Å²) in [6.45, 7) is 1.18. The van der Waals surface area contributed by atoms with Gasteiger partial charge in [-0.25, -0.2) is 14.8 Å². The van der Waals surface area contributed by atoms with Crippen LogP contribution in [0.1, 0.15) is 5.69 Å². The van der Waals surface area contributed by atoms with E-state index in [1.807, 2.05) is 59.2 Å². The lowest BCUT2D eigenvalue weighted by molar-refractivity contribution is -0.115. The second-order valence-electron chi connectivity index (χ2n) is 6.83. The minimum absolute atomic E-state index is 0.101. The number of rotatable bonds is 5. The Morgan fingerprint density at radius 2 is 1.90 bits per heavy atom. The van der Waals surface area contributed by atoms with Crippen LogP contribution in [0.4, 0.5) is 15.9 Å². The predicted molar refractivity (Wildman–Crippen MR) is 116 cm³/mol. The first-order valence-corrected chi connectivity index (χ1v) is 10.4. The van der Waals surface area contributed by atoms with Gasteiger partial charge in [0.2, 0.25) is 11.9 Å². The number of nitrogens with zero attached hydrogens (tertiary/aromatic N) is 4. The number of amides is 3. The quantitative estimate of drug-likeness (QED) is 0.521. The number of nitrogens with one attached hydrogen (secondary N) is 2. The number of urea groups is 1. The monoisotopic (exact) mass is 418 g/mol. The molecule has 2 aromatic carbocycles. The normalized spacial score (nSPS) is 13.6. The zero-order valence-corrected chi connectivity index (χ0v) is 16.7. The summed E-state index contributed by atoms with van der Waals surface area (Å²) < 4.78 is 1.92. The van der Waals surface area contributed by atoms with Crippen LogP contribution in [0, 0.1) is 0 Å². The molecule has 2 N–H and O–H groups in total. The second-order valence-corrected chi connectivity index (χ2v) is 7.66. The lowest BCUT2D eigenvalue weighted by Gasteiger charge is -2.10. The number of fused-ring (bicyclic) bond motifs is 1. The SMILES string of the molecule is O=C(Cc1csc(N2CCNC2=O)n1)Nc1nc2ccccc2n1-c1ccccc1. The zero-order valence-electron chi connectivity index (χ0n) is 15.9. The van der Waals surface area contributed by atoms with Gasteiger partial charge in [0.1, 0.15) is 0 Å². The van der Waals surface area contributed by atoms with Gasteiger partial charge < -0.3 is 5.32 Å². The molecule has 5 rings (SSSR count). The Hall–Kier alpha value is -3.72. The zero-order chi connectivity index (χ0) is 20.5. The standard InChI is InChI=1S/C21H18N6O2S/c28-18(12-14-13-30-21(23-14)26-11-10-22-20(26)29)25-19-24-16-8-4-5-9-17(16)27(19)15-6-2-1-3-7-15/h1-9,13H,10-12H2,(H,22,29)(H,24,25,28). The summed E-state index contributed by atoms with van der Waals surface area (Å²) in [6, 6.07) is 17.4. The smallest absolute Gasteiger partial charge is 0.323 e. The number of imidazole rings is 1. The van der Waals surface area contributed by atoms with Crippen molar-refractivity contribution in [3.63, 3.8) is 0 Å². The van der Waals surface area contributed by atoms with Crippen molar-refractivity contribution in [2.75, 3.05) is 23.3 Å². The molecule has 150 valence electrons. The maximum Gasteiger partial charge on any atom is 0.323 e. The molecule has 1 aliphatic rings. The molecule has 3 heterocycles. The number of carbonyl (C=O) groups is 2. The van der Waals surface area contributed by atoms with E-state index in [1.165, 1.54) is 11.3 Å². The molecule has 0 aliphatic carbocycles. The average Bonchev–Trinajstić information content (AvgIpc) is 3.46. The van der Waals surface area contributed by atoms with Gasteiger partial charge in [-0.05, 0) is 24.3 Å². The molecular weight excluding hydrogens is 400 g/mol. The van der Waals surface area contributed by atoms with Gasteiger partial charge in [-0.15, -0.1) is 11.3 Å². The van der Waals surface area contributed by atoms with E-state index in [0.717, 1.165) is 16.7 Å². The van der Waals surface area contributed by atoms with Crippen LogP contribution in [0.3, 0.4) is 0 Å². The Balaban J connectivity index is 1.39. The van der Waals surface area contributed by atoms with Crippen LogP contribution < -0.4 is 15.5 Å². The second kappa shape index (κ2) is 7.60. The van der Waals surface area contributed by atoms with Crippen molar-refractivity contribution in [3.8, 4) is 5.69 Å². The number of anilines is 2. The maximum atomic E-state index is 12.7. The van der Waals surface area contributed by atoms with Crippen LogP contribution in [-0.4, -0.2) is 39.6 Å². The molecule has 0 unspecified atom stereocenters. The molecule has 30 heavy (non-hydrogen) atoms. The highest BCUT2D eigenvalue weighted by atomic mass is 32.1. The van der Waals surface area contributed by atoms with E-state index >= 15 is 0 Å². The summed E-state index contributed by atoms with van der Waals surface area (Å²) >= 11 is 1.36. The van der Waals surface area contributed by atoms with Gasteiger partial charge in [0.25, 0.3) is 0 Å². The molecule has 1 fully saturated rings. The largest absolute Gasteiger partial charge is 0.336 e. The molecule has 9 heteroatoms. The first kappa shape index (κ1) is 18.3. The van der Waals surface area contributed by atoms with E-state index < -0.39 is 0 Å². The Labute approximate surface area is 176 Å². The first-order chi connectivity index (χ1) is 14.7. The van der Waals surface area contributed by atoms with Gasteiger partial charge in [0.15, 0.2) is 5.13 Å². The lowest BCUT2D eigenvalue weighted by Crippen LogP contribution is -2.27. The maximum absolute atomic E-state index is 12.7. The molecule has 4 aromatic rings. The van der Waals surface area contributed by atoms with Crippen LogP contribution in [0.25, 0.3) is 16.7 Å². The molecule has 0 bridgehead atoms. The molecule has 0 saturated carbocycles. The Morgan fingerprint density at radius 3 is 2.70 bits per heavy atom. The van der Waals surface area contributed by atoms with Crippen molar-refractivity contribution in [1.29, 1.82) is 0 Å². The Morgan fingerprint density at radius 1 is 1.10 bits per heavy atom. The minimum atomic E-state index is -0.217. The molecule has 0 spiro atoms. The van der Waals surface area contributed by atoms with E-state index in [2.05, 4.69) is 20.6 Å². The third-order valence-corrected chi connectivity index (χ3v) is 5.71. The molecule has 3 amide bonds. The van der Waals surface area contributed by atoms with Gasteiger partial charge in [-0.3, -0.25) is 19.6 Å². The number of thiazole rings is 1. The van der Waals surface area contributed by atoms with Gasteiger partial charge >= 0.3 is 6.03 Å². The van der Waals surface area contributed by atoms with Crippen molar-refractivity contribution in [2.45, 2.75) is 6.42 Å². The first-order valence-electron chi connectivity index (χ1n) is 9.51. The third-order valence-electron chi connectivity index (χ3n) is 4.80. The predicted octanol–water partition coefficient (Wildman–Crippen LogP) is 3.19. The van der Waals surface area contributed by atoms with Gasteiger partial charge in [-0.2, -0.15) is 0 Å². The van der Waals surface area contributed by atoms with Crippen molar-refractivity contribution in [3.05, 3.63) is 65.7 Å². The van der Waals surface area contributed by atoms with E-state index in [9.17, 15) is 9.59 Å². The summed E-state index contributed by atoms with van der Waals surface area (Å²) in [6.07, 6.45) is 0.101. The van der Waals surface area contributed by atoms with Crippen LogP contribution in [0.15, 0.2) is 60.0 Å². The highest BCUT2D eigenvalue weighted by Crippen LogP contribution is 2.25. The van der Waals surface area contributed by atoms with E-state index in [4.69, 9.17) is 0 Å². The summed E-state index contributed by atoms with van der Waals surface area (Å²) in [7, 11) is 0. The number of benzene rings is 2. The summed E-state index contributed by atoms with van der Waals surface area (Å²) in [4.78, 5) is 35.2. The van der Waals surface area contributed by atoms with Crippen molar-refractivity contribution >= 4 is 45.4 Å². The number of para-hydroxylation sites is 3. The van der Waals surface area contributed by atoms with E-state index in [-0.39, 0.29) is 18.4 Å². The lowest BCUT2D eigenvalue weighted by atomic mass is 10.3.